The van der Waals surface area contributed by atoms with Gasteiger partial charge in [-0.2, -0.15) is 0 Å². The van der Waals surface area contributed by atoms with Crippen molar-refractivity contribution in [2.24, 2.45) is 27.7 Å². The molecule has 23 heteroatoms. The Morgan fingerprint density at radius 2 is 0.780 bits per heavy atom. The number of carbonyl (C=O) groups is 7. The van der Waals surface area contributed by atoms with Crippen molar-refractivity contribution in [3.8, 4) is 33.4 Å². The number of fused-ring (bicyclic) bond motifs is 9. The number of benzene rings is 8. The second kappa shape index (κ2) is 35.6. The number of nitrogens with one attached hydrogen (secondary N) is 1. The second-order valence-corrected chi connectivity index (χ2v) is 29.1. The summed E-state index contributed by atoms with van der Waals surface area (Å²) in [5, 5.41) is 36.8. The lowest BCUT2D eigenvalue weighted by Crippen LogP contribution is -2.47. The highest BCUT2D eigenvalue weighted by Gasteiger charge is 2.41. The number of carboxylic acids is 2. The molecule has 0 spiro atoms. The van der Waals surface area contributed by atoms with Gasteiger partial charge in [-0.15, -0.1) is 0 Å². The Morgan fingerprint density at radius 1 is 0.468 bits per heavy atom. The highest BCUT2D eigenvalue weighted by molar-refractivity contribution is 5.89. The number of hydrogen-bond donors (Lipinski definition) is 6. The normalized spacial score (nSPS) is 17.3. The minimum atomic E-state index is -0.967. The maximum absolute atomic E-state index is 13.0. The summed E-state index contributed by atoms with van der Waals surface area (Å²) in [4.78, 5) is 94.3. The third-order valence-electron chi connectivity index (χ3n) is 20.4. The van der Waals surface area contributed by atoms with Crippen LogP contribution in [-0.4, -0.2) is 153 Å². The molecule has 568 valence electrons. The van der Waals surface area contributed by atoms with Crippen molar-refractivity contribution in [3.63, 3.8) is 0 Å². The Labute approximate surface area is 634 Å². The fraction of sp³-hybridized carbons (Fsp3) is 0.337. The molecule has 0 unspecified atom stereocenters. The average molecular weight is 1480 g/mol. The number of likely N-dealkylation sites (tertiary alicyclic amines) is 3. The van der Waals surface area contributed by atoms with E-state index < -0.39 is 72.0 Å². The number of aryl methyl sites for hydroxylation is 2. The molecule has 6 aliphatic rings. The van der Waals surface area contributed by atoms with E-state index in [1.54, 1.807) is 20.8 Å². The van der Waals surface area contributed by atoms with Crippen LogP contribution < -0.4 is 16.8 Å². The lowest BCUT2D eigenvalue weighted by atomic mass is 9.98. The Bertz CT molecular complexity index is 4380. The minimum absolute atomic E-state index is 0.0118. The van der Waals surface area contributed by atoms with Gasteiger partial charge in [-0.1, -0.05) is 222 Å². The van der Waals surface area contributed by atoms with Gasteiger partial charge in [0.15, 0.2) is 5.84 Å². The highest BCUT2D eigenvalue weighted by Crippen LogP contribution is 2.47. The van der Waals surface area contributed by atoms with E-state index in [4.69, 9.17) is 40.5 Å². The second-order valence-electron chi connectivity index (χ2n) is 29.1. The molecule has 14 rings (SSSR count). The number of carboxylic acid groups (broad SMARTS) is 2. The molecule has 3 saturated heterocycles. The van der Waals surface area contributed by atoms with Crippen LogP contribution in [0.3, 0.4) is 0 Å². The van der Waals surface area contributed by atoms with E-state index in [2.05, 4.69) is 101 Å². The third-order valence-corrected chi connectivity index (χ3v) is 20.4. The van der Waals surface area contributed by atoms with Gasteiger partial charge in [-0.3, -0.25) is 14.7 Å². The van der Waals surface area contributed by atoms with E-state index in [1.165, 1.54) is 53.6 Å². The molecule has 0 aromatic heterocycles. The van der Waals surface area contributed by atoms with Crippen molar-refractivity contribution in [3.05, 3.63) is 250 Å². The van der Waals surface area contributed by atoms with Crippen LogP contribution in [0.15, 0.2) is 204 Å². The molecule has 3 aliphatic heterocycles. The number of aliphatic carboxylic acids is 2. The molecule has 0 bridgehead atoms. The van der Waals surface area contributed by atoms with Crippen LogP contribution in [0.25, 0.3) is 33.4 Å². The molecule has 5 atom stereocenters. The number of nitrogens with zero attached hydrogens (tertiary/aromatic N) is 5. The molecular formula is C86H94N8O15. The quantitative estimate of drug-likeness (QED) is 0.0123. The zero-order chi connectivity index (χ0) is 77.5. The maximum atomic E-state index is 13.0. The molecule has 4 amide bonds. The smallest absolute Gasteiger partial charge is 0.410 e. The highest BCUT2D eigenvalue weighted by atomic mass is 16.7. The Balaban J connectivity index is 0.000000148. The Kier molecular flexibility index (Phi) is 25.5. The number of nitrogens with two attached hydrogens (primary N) is 2. The van der Waals surface area contributed by atoms with Gasteiger partial charge < -0.3 is 56.0 Å². The van der Waals surface area contributed by atoms with Crippen LogP contribution in [0, 0.1) is 19.8 Å². The largest absolute Gasteiger partial charge is 0.480 e. The number of amidine groups is 2. The molecule has 109 heavy (non-hydrogen) atoms. The average Bonchev–Trinajstić information content (AvgIpc) is 1.63. The van der Waals surface area contributed by atoms with Crippen LogP contribution in [0.2, 0.25) is 0 Å². The maximum Gasteiger partial charge on any atom is 0.410 e. The van der Waals surface area contributed by atoms with E-state index in [0.717, 1.165) is 50.1 Å². The summed E-state index contributed by atoms with van der Waals surface area (Å²) in [5.41, 5.74) is 29.4. The molecule has 8 aromatic rings. The van der Waals surface area contributed by atoms with E-state index in [0.29, 0.717) is 71.0 Å². The summed E-state index contributed by atoms with van der Waals surface area (Å²) < 4.78 is 22.0. The molecule has 8 aromatic carbocycles. The van der Waals surface area contributed by atoms with E-state index in [9.17, 15) is 43.8 Å². The molecule has 3 heterocycles. The zero-order valence-electron chi connectivity index (χ0n) is 62.1. The number of rotatable bonds is 17. The van der Waals surface area contributed by atoms with Crippen molar-refractivity contribution >= 4 is 54.0 Å². The summed E-state index contributed by atoms with van der Waals surface area (Å²) in [5.74, 6) is -2.53. The van der Waals surface area contributed by atoms with Gasteiger partial charge in [-0.25, -0.2) is 33.6 Å². The summed E-state index contributed by atoms with van der Waals surface area (Å²) in [6.45, 7) is 13.2. The molecule has 3 fully saturated rings. The Morgan fingerprint density at radius 3 is 1.10 bits per heavy atom. The van der Waals surface area contributed by atoms with Gasteiger partial charge in [0.2, 0.25) is 0 Å². The summed E-state index contributed by atoms with van der Waals surface area (Å²) >= 11 is 0. The Hall–Kier alpha value is -12.0. The predicted molar refractivity (Wildman–Crippen MR) is 413 cm³/mol. The van der Waals surface area contributed by atoms with Gasteiger partial charge in [0.05, 0.1) is 6.04 Å². The van der Waals surface area contributed by atoms with Crippen LogP contribution in [0.4, 0.5) is 19.2 Å². The molecular weight excluding hydrogens is 1380 g/mol. The fourth-order valence-electron chi connectivity index (χ4n) is 14.9. The monoisotopic (exact) mass is 1480 g/mol. The van der Waals surface area contributed by atoms with Gasteiger partial charge in [0.25, 0.3) is 0 Å². The van der Waals surface area contributed by atoms with Gasteiger partial charge in [0, 0.05) is 49.7 Å². The van der Waals surface area contributed by atoms with Crippen molar-refractivity contribution in [1.82, 2.24) is 20.0 Å². The summed E-state index contributed by atoms with van der Waals surface area (Å²) in [6, 6.07) is 62.0. The van der Waals surface area contributed by atoms with Gasteiger partial charge in [-0.05, 0) is 157 Å². The number of oxime groups is 2. The van der Waals surface area contributed by atoms with Crippen LogP contribution in [-0.2, 0) is 51.0 Å². The third kappa shape index (κ3) is 19.0. The van der Waals surface area contributed by atoms with E-state index in [1.807, 2.05) is 130 Å². The molecule has 8 N–H and O–H groups in total. The van der Waals surface area contributed by atoms with Gasteiger partial charge >= 0.3 is 42.3 Å². The van der Waals surface area contributed by atoms with Crippen molar-refractivity contribution in [2.45, 2.75) is 140 Å². The van der Waals surface area contributed by atoms with Crippen LogP contribution in [0.5, 0.6) is 0 Å². The summed E-state index contributed by atoms with van der Waals surface area (Å²) in [6.07, 6.45) is 2.45. The van der Waals surface area contributed by atoms with Crippen molar-refractivity contribution in [2.75, 3.05) is 39.5 Å². The number of amides is 4. The topological polar surface area (TPSA) is 325 Å². The number of alkyl carbamates (subject to hydrolysis) is 1. The number of carbonyl (C=O) groups excluding carboxylic acids is 5. The molecule has 0 radical (unpaired) electrons. The zero-order valence-corrected chi connectivity index (χ0v) is 62.1. The van der Waals surface area contributed by atoms with E-state index >= 15 is 0 Å². The van der Waals surface area contributed by atoms with E-state index in [-0.39, 0.29) is 55.2 Å². The minimum Gasteiger partial charge on any atom is -0.480 e. The lowest BCUT2D eigenvalue weighted by Gasteiger charge is -2.23. The first-order chi connectivity index (χ1) is 52.5. The predicted octanol–water partition coefficient (Wildman–Crippen LogP) is 14.5. The summed E-state index contributed by atoms with van der Waals surface area (Å²) in [7, 11) is 0. The number of ether oxygens (including phenoxy) is 4. The van der Waals surface area contributed by atoms with Crippen LogP contribution >= 0.6 is 0 Å². The molecule has 0 saturated carbocycles. The SMILES string of the molecule is Cc1ccc(C[C@H](C)/C(N)=N/OC(=O)[C@@H]2CCCN2C(=O)OCC2c3ccccc3-c3ccccc32)cc1.Cc1ccc(C[C@H](NC(=O)OC(C)(C)C)/C(N)=N/O)cc1.O=C(O)[C@@H]1CCCN1C(=O)OCC1c2ccccc2-c2ccccc21.O=C(O)[C@@H]1CCCN1C(=O)OCC1c2ccccc2-c2ccccc21. The first-order valence-electron chi connectivity index (χ1n) is 36.9. The molecule has 3 aliphatic carbocycles. The fourth-order valence-corrected chi connectivity index (χ4v) is 14.9. The first kappa shape index (κ1) is 78.1. The standard InChI is InChI=1S/C31H33N3O4.2C20H19NO4.C15H23N3O3/c1-20-13-15-22(16-14-20)18-21(2)29(32)33-38-30(35)28-12-7-17-34(28)31(36)37-19-27-25-10-5-3-8-23(25)24-9-4-6-11-26(24)27;2*22-19(23)18-10-5-11-21(18)20(24)25-12-17-15-8-3-1-6-13(15)14-7-2-4-9-16(14)17;1-10-5-7-11(8-6-10)9-12(13(16)18-20)17-14(19)21-15(2,3)4/h3-6,8-11,13-16,21,27-28H,7,12,17-19H2,1-2H3,(H2,32,33);2*1-4,6-9,17-18H,5,10-12H2,(H,22,23);5-8,12,20H,9H2,1-4H3,(H2,16,18)(H,17,19)/t21-,28-;2*18-;12-/m0000/s1. The lowest BCUT2D eigenvalue weighted by molar-refractivity contribution is -0.148. The first-order valence-corrected chi connectivity index (χ1v) is 36.9. The van der Waals surface area contributed by atoms with Gasteiger partial charge in [0.1, 0.15) is 49.4 Å². The van der Waals surface area contributed by atoms with Crippen LogP contribution in [0.1, 0.15) is 140 Å². The molecule has 23 nitrogen and oxygen atoms in total. The van der Waals surface area contributed by atoms with Crippen molar-refractivity contribution < 1.29 is 72.8 Å². The van der Waals surface area contributed by atoms with Crippen molar-refractivity contribution in [1.29, 1.82) is 0 Å². The number of hydrogen-bond acceptors (Lipinski definition) is 15.